The van der Waals surface area contributed by atoms with Crippen LogP contribution in [0.1, 0.15) is 41.0 Å². The zero-order valence-corrected chi connectivity index (χ0v) is 12.7. The van der Waals surface area contributed by atoms with Crippen molar-refractivity contribution >= 4 is 24.4 Å². The van der Waals surface area contributed by atoms with Crippen LogP contribution >= 0.6 is 24.4 Å². The van der Waals surface area contributed by atoms with Crippen LogP contribution in [-0.2, 0) is 0 Å². The van der Waals surface area contributed by atoms with Gasteiger partial charge in [0.2, 0.25) is 0 Å². The highest BCUT2D eigenvalue weighted by molar-refractivity contribution is 8.11. The second kappa shape index (κ2) is 6.50. The molecule has 0 rings (SSSR count). The average Bonchev–Trinajstić information content (AvgIpc) is 1.99. The Labute approximate surface area is 109 Å². The van der Waals surface area contributed by atoms with E-state index in [2.05, 4.69) is 24.9 Å². The van der Waals surface area contributed by atoms with Crippen LogP contribution in [0.25, 0.3) is 0 Å². The molecule has 0 aromatic carbocycles. The summed E-state index contributed by atoms with van der Waals surface area (Å²) in [5.74, 6) is 0. The van der Waals surface area contributed by atoms with E-state index >= 15 is 0 Å². The molecule has 3 nitrogen and oxygen atoms in total. The van der Waals surface area contributed by atoms with Gasteiger partial charge in [0.05, 0.1) is 10.3 Å². The van der Waals surface area contributed by atoms with E-state index in [1.54, 1.807) is 11.8 Å². The molecule has 0 heterocycles. The third-order valence-corrected chi connectivity index (χ3v) is 4.82. The Balaban J connectivity index is 4.18. The van der Waals surface area contributed by atoms with E-state index in [0.717, 1.165) is 6.42 Å². The molecule has 0 saturated carbocycles. The van der Waals surface area contributed by atoms with Crippen LogP contribution in [0.2, 0.25) is 0 Å². The van der Waals surface area contributed by atoms with Crippen molar-refractivity contribution in [2.24, 2.45) is 5.73 Å². The molecular weight excluding hydrogens is 240 g/mol. The number of nitrogens with one attached hydrogen (secondary N) is 1. The highest BCUT2D eigenvalue weighted by Gasteiger charge is 2.37. The van der Waals surface area contributed by atoms with Gasteiger partial charge in [0.1, 0.15) is 0 Å². The van der Waals surface area contributed by atoms with Crippen LogP contribution in [0.5, 0.6) is 0 Å². The van der Waals surface area contributed by atoms with Crippen LogP contribution in [0.3, 0.4) is 0 Å². The number of nitrogens with two attached hydrogens (primary N) is 1. The predicted octanol–water partition coefficient (Wildman–Crippen LogP) is 1.81. The van der Waals surface area contributed by atoms with Crippen LogP contribution in [-0.4, -0.2) is 32.7 Å². The second-order valence-electron chi connectivity index (χ2n) is 5.18. The normalized spacial score (nSPS) is 17.2. The summed E-state index contributed by atoms with van der Waals surface area (Å²) in [6, 6.07) is 0.345. The van der Waals surface area contributed by atoms with E-state index in [0.29, 0.717) is 12.6 Å². The van der Waals surface area contributed by atoms with Gasteiger partial charge in [-0.3, -0.25) is 5.32 Å². The van der Waals surface area contributed by atoms with Crippen LogP contribution in [0, 0.1) is 0 Å². The molecule has 2 atom stereocenters. The topological polar surface area (TPSA) is 58.3 Å². The van der Waals surface area contributed by atoms with Gasteiger partial charge in [-0.2, -0.15) is 0 Å². The monoisotopic (exact) mass is 266 g/mol. The van der Waals surface area contributed by atoms with Crippen molar-refractivity contribution < 1.29 is 5.11 Å². The molecule has 16 heavy (non-hydrogen) atoms. The van der Waals surface area contributed by atoms with Crippen LogP contribution < -0.4 is 11.1 Å². The first-order chi connectivity index (χ1) is 7.10. The van der Waals surface area contributed by atoms with Crippen molar-refractivity contribution in [3.05, 3.63) is 0 Å². The van der Waals surface area contributed by atoms with Crippen molar-refractivity contribution in [1.82, 2.24) is 5.32 Å². The summed E-state index contributed by atoms with van der Waals surface area (Å²) in [4.78, 5) is 0. The molecule has 0 radical (unpaired) electrons. The third-order valence-electron chi connectivity index (χ3n) is 2.91. The maximum Gasteiger partial charge on any atom is 0.0981 e. The lowest BCUT2D eigenvalue weighted by Gasteiger charge is -2.38. The lowest BCUT2D eigenvalue weighted by atomic mass is 9.94. The summed E-state index contributed by atoms with van der Waals surface area (Å²) in [7, 11) is 0. The van der Waals surface area contributed by atoms with Gasteiger partial charge >= 0.3 is 0 Å². The Bertz CT molecular complexity index is 205. The van der Waals surface area contributed by atoms with Gasteiger partial charge in [-0.05, 0) is 47.6 Å². The minimum atomic E-state index is -0.739. The summed E-state index contributed by atoms with van der Waals surface area (Å²) >= 11 is 6.11. The highest BCUT2D eigenvalue weighted by atomic mass is 32.2. The summed E-state index contributed by atoms with van der Waals surface area (Å²) in [5.41, 5.74) is 4.75. The molecule has 4 N–H and O–H groups in total. The van der Waals surface area contributed by atoms with E-state index in [9.17, 15) is 5.11 Å². The molecule has 0 aromatic rings. The Morgan fingerprint density at radius 2 is 1.88 bits per heavy atom. The molecule has 0 spiro atoms. The lowest BCUT2D eigenvalue weighted by Crippen LogP contribution is -2.45. The Morgan fingerprint density at radius 1 is 1.38 bits per heavy atom. The van der Waals surface area contributed by atoms with E-state index in [1.165, 1.54) is 0 Å². The predicted molar refractivity (Wildman–Crippen MR) is 77.0 cm³/mol. The second-order valence-corrected chi connectivity index (χ2v) is 7.78. The number of hydrogen-bond acceptors (Lipinski definition) is 5. The standard InChI is InChI=1S/C11H26N2OS2/c1-8(6-7-12)13-9(15)16-11(4,5)10(2,3)14/h8-9,13-15H,6-7,12H2,1-5H3. The van der Waals surface area contributed by atoms with Gasteiger partial charge < -0.3 is 10.8 Å². The molecule has 2 unspecified atom stereocenters. The molecule has 0 amide bonds. The third kappa shape index (κ3) is 5.77. The minimum absolute atomic E-state index is 0.00275. The summed E-state index contributed by atoms with van der Waals surface area (Å²) in [5, 5.41) is 13.4. The lowest BCUT2D eigenvalue weighted by molar-refractivity contribution is 0.0491. The molecule has 0 bridgehead atoms. The Kier molecular flexibility index (Phi) is 6.73. The Hall–Kier alpha value is 0.580. The molecule has 0 aliphatic rings. The van der Waals surface area contributed by atoms with Gasteiger partial charge in [-0.25, -0.2) is 0 Å². The Morgan fingerprint density at radius 3 is 2.25 bits per heavy atom. The molecule has 0 fully saturated rings. The van der Waals surface area contributed by atoms with Crippen LogP contribution in [0.4, 0.5) is 0 Å². The van der Waals surface area contributed by atoms with E-state index in [-0.39, 0.29) is 9.45 Å². The first-order valence-electron chi connectivity index (χ1n) is 5.64. The molecule has 98 valence electrons. The molecule has 0 aliphatic carbocycles. The maximum absolute atomic E-state index is 10.0. The fourth-order valence-corrected chi connectivity index (χ4v) is 3.23. The highest BCUT2D eigenvalue weighted by Crippen LogP contribution is 2.38. The van der Waals surface area contributed by atoms with Crippen molar-refractivity contribution in [2.45, 2.75) is 62.1 Å². The minimum Gasteiger partial charge on any atom is -0.389 e. The number of aliphatic hydroxyl groups is 1. The van der Waals surface area contributed by atoms with E-state index in [1.807, 2.05) is 27.7 Å². The fraction of sp³-hybridized carbons (Fsp3) is 1.00. The number of rotatable bonds is 7. The quantitative estimate of drug-likeness (QED) is 0.419. The number of hydrogen-bond donors (Lipinski definition) is 4. The maximum atomic E-state index is 10.0. The van der Waals surface area contributed by atoms with Crippen LogP contribution in [0.15, 0.2) is 0 Å². The summed E-state index contributed by atoms with van der Waals surface area (Å²) in [6.45, 7) is 10.5. The van der Waals surface area contributed by atoms with Gasteiger partial charge in [-0.15, -0.1) is 24.4 Å². The van der Waals surface area contributed by atoms with Crippen molar-refractivity contribution in [3.63, 3.8) is 0 Å². The first kappa shape index (κ1) is 16.6. The van der Waals surface area contributed by atoms with Gasteiger partial charge in [0, 0.05) is 10.8 Å². The van der Waals surface area contributed by atoms with Crippen molar-refractivity contribution in [2.75, 3.05) is 6.54 Å². The SMILES string of the molecule is CC(CCN)NC(S)SC(C)(C)C(C)(C)O. The average molecular weight is 266 g/mol. The first-order valence-corrected chi connectivity index (χ1v) is 7.04. The zero-order chi connectivity index (χ0) is 13.0. The number of thiol groups is 1. The van der Waals surface area contributed by atoms with Gasteiger partial charge in [-0.1, -0.05) is 0 Å². The number of thioether (sulfide) groups is 1. The fourth-order valence-electron chi connectivity index (χ4n) is 1.03. The molecule has 0 saturated heterocycles. The van der Waals surface area contributed by atoms with Crippen molar-refractivity contribution in [1.29, 1.82) is 0 Å². The molecule has 5 heteroatoms. The summed E-state index contributed by atoms with van der Waals surface area (Å²) < 4.78 is -0.252. The summed E-state index contributed by atoms with van der Waals surface area (Å²) in [6.07, 6.45) is 0.931. The smallest absolute Gasteiger partial charge is 0.0981 e. The van der Waals surface area contributed by atoms with Crippen molar-refractivity contribution in [3.8, 4) is 0 Å². The molecule has 0 aliphatic heterocycles. The molecule has 0 aromatic heterocycles. The van der Waals surface area contributed by atoms with Gasteiger partial charge in [0.25, 0.3) is 0 Å². The zero-order valence-electron chi connectivity index (χ0n) is 10.9. The largest absolute Gasteiger partial charge is 0.389 e. The van der Waals surface area contributed by atoms with E-state index in [4.69, 9.17) is 5.73 Å². The van der Waals surface area contributed by atoms with Gasteiger partial charge in [0.15, 0.2) is 0 Å². The molecular formula is C11H26N2OS2. The van der Waals surface area contributed by atoms with E-state index < -0.39 is 5.60 Å².